The van der Waals surface area contributed by atoms with Gasteiger partial charge in [0, 0.05) is 34.4 Å². The first-order valence-corrected chi connectivity index (χ1v) is 10.2. The second kappa shape index (κ2) is 6.95. The van der Waals surface area contributed by atoms with Crippen molar-refractivity contribution in [1.82, 2.24) is 15.0 Å². The van der Waals surface area contributed by atoms with Crippen molar-refractivity contribution >= 4 is 39.7 Å². The maximum Gasteiger partial charge on any atom is 0.135 e. The van der Waals surface area contributed by atoms with Crippen molar-refractivity contribution in [2.24, 2.45) is 0 Å². The topological polar surface area (TPSA) is 62.5 Å². The Kier molecular flexibility index (Phi) is 4.52. The van der Waals surface area contributed by atoms with Gasteiger partial charge in [-0.2, -0.15) is 0 Å². The molecule has 1 unspecified atom stereocenters. The molecule has 4 rings (SSSR count). The molecule has 1 aromatic carbocycles. The molecule has 0 spiro atoms. The van der Waals surface area contributed by atoms with Crippen molar-refractivity contribution in [3.8, 4) is 21.1 Å². The van der Waals surface area contributed by atoms with Gasteiger partial charge in [-0.15, -0.1) is 34.0 Å². The first kappa shape index (κ1) is 16.3. The van der Waals surface area contributed by atoms with Crippen molar-refractivity contribution < 1.29 is 0 Å². The summed E-state index contributed by atoms with van der Waals surface area (Å²) in [5.41, 5.74) is 2.54. The maximum atomic E-state index is 8.24. The molecule has 0 fully saturated rings. The van der Waals surface area contributed by atoms with Gasteiger partial charge in [0.25, 0.3) is 0 Å². The van der Waals surface area contributed by atoms with Gasteiger partial charge < -0.3 is 5.41 Å². The van der Waals surface area contributed by atoms with E-state index in [-0.39, 0.29) is 5.92 Å². The van der Waals surface area contributed by atoms with E-state index in [4.69, 9.17) is 10.4 Å². The number of nitrogens with one attached hydrogen (secondary N) is 1. The number of thiazole rings is 3. The fourth-order valence-corrected chi connectivity index (χ4v) is 5.47. The van der Waals surface area contributed by atoms with Crippen molar-refractivity contribution in [3.63, 3.8) is 0 Å². The number of nitrogens with zero attached hydrogens (tertiary/aromatic N) is 3. The molecule has 4 nitrogen and oxygen atoms in total. The Morgan fingerprint density at radius 2 is 1.76 bits per heavy atom. The smallest absolute Gasteiger partial charge is 0.135 e. The van der Waals surface area contributed by atoms with E-state index in [1.807, 2.05) is 42.1 Å². The van der Waals surface area contributed by atoms with E-state index in [1.165, 1.54) is 0 Å². The normalized spacial score (nSPS) is 12.2. The Morgan fingerprint density at radius 1 is 1.00 bits per heavy atom. The third kappa shape index (κ3) is 3.18. The van der Waals surface area contributed by atoms with Crippen molar-refractivity contribution in [1.29, 1.82) is 5.41 Å². The lowest BCUT2D eigenvalue weighted by Gasteiger charge is -2.09. The summed E-state index contributed by atoms with van der Waals surface area (Å²) in [6, 6.07) is 10.2. The SMILES string of the molecule is CC(=N)C(c1nccs1)c1nc(-c2ccccc2)c(-c2nccs2)s1. The van der Waals surface area contributed by atoms with Gasteiger partial charge in [0.05, 0.1) is 10.6 Å². The third-order valence-electron chi connectivity index (χ3n) is 3.70. The minimum absolute atomic E-state index is 0.193. The van der Waals surface area contributed by atoms with Crippen molar-refractivity contribution in [3.05, 3.63) is 63.5 Å². The molecule has 1 N–H and O–H groups in total. The van der Waals surface area contributed by atoms with Gasteiger partial charge in [-0.25, -0.2) is 15.0 Å². The number of benzene rings is 1. The summed E-state index contributed by atoms with van der Waals surface area (Å²) in [6.07, 6.45) is 3.59. The zero-order valence-corrected chi connectivity index (χ0v) is 15.8. The van der Waals surface area contributed by atoms with Gasteiger partial charge >= 0.3 is 0 Å². The molecule has 0 amide bonds. The van der Waals surface area contributed by atoms with Crippen LogP contribution in [0.15, 0.2) is 53.5 Å². The first-order chi connectivity index (χ1) is 12.2. The van der Waals surface area contributed by atoms with Crippen LogP contribution in [0.1, 0.15) is 22.9 Å². The molecule has 0 saturated carbocycles. The Balaban J connectivity index is 1.89. The van der Waals surface area contributed by atoms with Crippen LogP contribution in [-0.2, 0) is 0 Å². The van der Waals surface area contributed by atoms with Crippen molar-refractivity contribution in [2.75, 3.05) is 0 Å². The second-order valence-corrected chi connectivity index (χ2v) is 8.27. The van der Waals surface area contributed by atoms with Crippen LogP contribution in [0.4, 0.5) is 0 Å². The summed E-state index contributed by atoms with van der Waals surface area (Å²) >= 11 is 4.78. The number of hydrogen-bond donors (Lipinski definition) is 1. The molecular formula is C18H14N4S3. The molecule has 4 aromatic rings. The zero-order valence-electron chi connectivity index (χ0n) is 13.3. The molecular weight excluding hydrogens is 368 g/mol. The van der Waals surface area contributed by atoms with Gasteiger partial charge in [-0.3, -0.25) is 0 Å². The molecule has 0 aliphatic heterocycles. The lowest BCUT2D eigenvalue weighted by atomic mass is 10.1. The molecule has 25 heavy (non-hydrogen) atoms. The average molecular weight is 383 g/mol. The summed E-state index contributed by atoms with van der Waals surface area (Å²) in [4.78, 5) is 14.9. The van der Waals surface area contributed by atoms with Crippen LogP contribution in [0, 0.1) is 5.41 Å². The standard InChI is InChI=1S/C18H14N4S3/c1-11(19)13(16-20-7-9-23-16)17-22-14(12-5-3-2-4-6-12)15(25-17)18-21-8-10-24-18/h2-10,13,19H,1H3. The van der Waals surface area contributed by atoms with Gasteiger partial charge in [-0.1, -0.05) is 30.3 Å². The largest absolute Gasteiger partial charge is 0.309 e. The monoisotopic (exact) mass is 382 g/mol. The molecule has 0 radical (unpaired) electrons. The third-order valence-corrected chi connectivity index (χ3v) is 6.58. The average Bonchev–Trinajstić information content (AvgIpc) is 3.37. The highest BCUT2D eigenvalue weighted by molar-refractivity contribution is 7.21. The van der Waals surface area contributed by atoms with Crippen LogP contribution in [0.2, 0.25) is 0 Å². The van der Waals surface area contributed by atoms with E-state index in [9.17, 15) is 0 Å². The van der Waals surface area contributed by atoms with E-state index in [0.717, 1.165) is 31.2 Å². The predicted molar refractivity (Wildman–Crippen MR) is 106 cm³/mol. The van der Waals surface area contributed by atoms with Crippen LogP contribution in [-0.4, -0.2) is 20.7 Å². The molecule has 124 valence electrons. The Labute approximate surface area is 157 Å². The summed E-state index contributed by atoms with van der Waals surface area (Å²) in [6.45, 7) is 1.82. The predicted octanol–water partition coefficient (Wildman–Crippen LogP) is 5.56. The zero-order chi connectivity index (χ0) is 17.2. The van der Waals surface area contributed by atoms with E-state index < -0.39 is 0 Å². The molecule has 0 saturated heterocycles. The Hall–Kier alpha value is -2.22. The molecule has 1 atom stereocenters. The van der Waals surface area contributed by atoms with Crippen LogP contribution < -0.4 is 0 Å². The first-order valence-electron chi connectivity index (χ1n) is 7.64. The van der Waals surface area contributed by atoms with E-state index in [0.29, 0.717) is 5.71 Å². The molecule has 0 aliphatic carbocycles. The summed E-state index contributed by atoms with van der Waals surface area (Å²) in [7, 11) is 0. The number of rotatable bonds is 5. The molecule has 3 aromatic heterocycles. The molecule has 0 bridgehead atoms. The highest BCUT2D eigenvalue weighted by Gasteiger charge is 2.26. The fraction of sp³-hybridized carbons (Fsp3) is 0.111. The van der Waals surface area contributed by atoms with Gasteiger partial charge in [0.1, 0.15) is 20.9 Å². The quantitative estimate of drug-likeness (QED) is 0.460. The summed E-state index contributed by atoms with van der Waals surface area (Å²) in [5, 5.41) is 14.9. The molecule has 0 aliphatic rings. The lowest BCUT2D eigenvalue weighted by molar-refractivity contribution is 1.00. The minimum atomic E-state index is -0.193. The van der Waals surface area contributed by atoms with Crippen LogP contribution in [0.5, 0.6) is 0 Å². The van der Waals surface area contributed by atoms with E-state index in [2.05, 4.69) is 22.1 Å². The maximum absolute atomic E-state index is 8.24. The summed E-state index contributed by atoms with van der Waals surface area (Å²) < 4.78 is 0. The highest BCUT2D eigenvalue weighted by Crippen LogP contribution is 2.41. The fourth-order valence-electron chi connectivity index (χ4n) is 2.59. The van der Waals surface area contributed by atoms with Crippen LogP contribution in [0.25, 0.3) is 21.1 Å². The Morgan fingerprint density at radius 3 is 2.40 bits per heavy atom. The molecule has 3 heterocycles. The number of hydrogen-bond acceptors (Lipinski definition) is 7. The van der Waals surface area contributed by atoms with Gasteiger partial charge in [0.2, 0.25) is 0 Å². The van der Waals surface area contributed by atoms with Gasteiger partial charge in [0.15, 0.2) is 0 Å². The Bertz CT molecular complexity index is 973. The highest BCUT2D eigenvalue weighted by atomic mass is 32.1. The van der Waals surface area contributed by atoms with E-state index in [1.54, 1.807) is 40.2 Å². The minimum Gasteiger partial charge on any atom is -0.309 e. The van der Waals surface area contributed by atoms with E-state index >= 15 is 0 Å². The van der Waals surface area contributed by atoms with Crippen LogP contribution in [0.3, 0.4) is 0 Å². The number of aromatic nitrogens is 3. The van der Waals surface area contributed by atoms with Gasteiger partial charge in [-0.05, 0) is 6.92 Å². The van der Waals surface area contributed by atoms with Crippen molar-refractivity contribution in [2.45, 2.75) is 12.8 Å². The molecule has 7 heteroatoms. The lowest BCUT2D eigenvalue weighted by Crippen LogP contribution is -2.09. The summed E-state index contributed by atoms with van der Waals surface area (Å²) in [5.74, 6) is -0.193. The van der Waals surface area contributed by atoms with Crippen LogP contribution >= 0.6 is 34.0 Å². The second-order valence-electron chi connectivity index (χ2n) is 5.42.